The van der Waals surface area contributed by atoms with E-state index in [0.717, 1.165) is 35.4 Å². The lowest BCUT2D eigenvalue weighted by atomic mass is 10.0. The largest absolute Gasteiger partial charge is 0.348 e. The minimum absolute atomic E-state index is 0.148. The monoisotopic (exact) mass is 337 g/mol. The summed E-state index contributed by atoms with van der Waals surface area (Å²) in [6, 6.07) is 11.8. The first-order valence-corrected chi connectivity index (χ1v) is 8.62. The standard InChI is InChI=1S/C20H20FN3O/c1-13-8-9-24-18-7-4-15(11-17(18)23-19(24)10-13)20(25)22-12-14-2-5-16(21)6-3-14/h2-7,11,13H,8-10,12H2,1H3,(H,22,25)/t13-/m0/s1. The zero-order valence-corrected chi connectivity index (χ0v) is 14.1. The van der Waals surface area contributed by atoms with Gasteiger partial charge >= 0.3 is 0 Å². The molecule has 5 heteroatoms. The summed E-state index contributed by atoms with van der Waals surface area (Å²) in [4.78, 5) is 17.1. The number of aromatic nitrogens is 2. The fourth-order valence-corrected chi connectivity index (χ4v) is 3.38. The topological polar surface area (TPSA) is 46.9 Å². The van der Waals surface area contributed by atoms with Gasteiger partial charge in [0.2, 0.25) is 0 Å². The smallest absolute Gasteiger partial charge is 0.251 e. The Labute approximate surface area is 145 Å². The maximum atomic E-state index is 12.9. The van der Waals surface area contributed by atoms with Crippen LogP contribution in [0.5, 0.6) is 0 Å². The molecule has 1 atom stereocenters. The Balaban J connectivity index is 1.53. The Hall–Kier alpha value is -2.69. The van der Waals surface area contributed by atoms with Crippen LogP contribution >= 0.6 is 0 Å². The predicted octanol–water partition coefficient (Wildman–Crippen LogP) is 3.69. The second-order valence-electron chi connectivity index (χ2n) is 6.79. The highest BCUT2D eigenvalue weighted by Gasteiger charge is 2.19. The highest BCUT2D eigenvalue weighted by molar-refractivity contribution is 5.97. The van der Waals surface area contributed by atoms with Crippen LogP contribution in [0.25, 0.3) is 11.0 Å². The lowest BCUT2D eigenvalue weighted by molar-refractivity contribution is 0.0951. The summed E-state index contributed by atoms with van der Waals surface area (Å²) in [6.45, 7) is 3.61. The number of amides is 1. The fraction of sp³-hybridized carbons (Fsp3) is 0.300. The number of halogens is 1. The second kappa shape index (κ2) is 6.31. The molecule has 0 fully saturated rings. The average Bonchev–Trinajstić information content (AvgIpc) is 2.97. The molecule has 2 heterocycles. The molecule has 0 saturated heterocycles. The van der Waals surface area contributed by atoms with Gasteiger partial charge in [-0.25, -0.2) is 9.37 Å². The van der Waals surface area contributed by atoms with E-state index in [2.05, 4.69) is 16.8 Å². The van der Waals surface area contributed by atoms with E-state index in [1.165, 1.54) is 18.6 Å². The third-order valence-electron chi connectivity index (χ3n) is 4.83. The fourth-order valence-electron chi connectivity index (χ4n) is 3.38. The first-order chi connectivity index (χ1) is 12.1. The van der Waals surface area contributed by atoms with E-state index in [4.69, 9.17) is 4.98 Å². The Kier molecular flexibility index (Phi) is 3.99. The van der Waals surface area contributed by atoms with Gasteiger partial charge in [-0.1, -0.05) is 19.1 Å². The normalized spacial score (nSPS) is 16.6. The highest BCUT2D eigenvalue weighted by Crippen LogP contribution is 2.25. The van der Waals surface area contributed by atoms with E-state index in [0.29, 0.717) is 18.0 Å². The molecule has 0 bridgehead atoms. The molecule has 4 nitrogen and oxygen atoms in total. The van der Waals surface area contributed by atoms with Gasteiger partial charge in [0.05, 0.1) is 11.0 Å². The van der Waals surface area contributed by atoms with Crippen molar-refractivity contribution in [2.75, 3.05) is 0 Å². The van der Waals surface area contributed by atoms with Crippen LogP contribution in [0.3, 0.4) is 0 Å². The maximum Gasteiger partial charge on any atom is 0.251 e. The SMILES string of the molecule is C[C@H]1CCn2c(nc3cc(C(=O)NCc4ccc(F)cc4)ccc32)C1. The molecular weight excluding hydrogens is 317 g/mol. The van der Waals surface area contributed by atoms with E-state index >= 15 is 0 Å². The number of nitrogens with zero attached hydrogens (tertiary/aromatic N) is 2. The third-order valence-corrected chi connectivity index (χ3v) is 4.83. The number of imidazole rings is 1. The van der Waals surface area contributed by atoms with Gasteiger partial charge in [0, 0.05) is 25.1 Å². The molecule has 1 aliphatic heterocycles. The van der Waals surface area contributed by atoms with E-state index in [-0.39, 0.29) is 11.7 Å². The molecule has 1 amide bonds. The van der Waals surface area contributed by atoms with Crippen molar-refractivity contribution in [3.8, 4) is 0 Å². The van der Waals surface area contributed by atoms with Crippen LogP contribution in [0.15, 0.2) is 42.5 Å². The molecule has 25 heavy (non-hydrogen) atoms. The summed E-state index contributed by atoms with van der Waals surface area (Å²) in [7, 11) is 0. The van der Waals surface area contributed by atoms with Crippen molar-refractivity contribution in [3.05, 3.63) is 65.2 Å². The number of carbonyl (C=O) groups excluding carboxylic acids is 1. The first-order valence-electron chi connectivity index (χ1n) is 8.62. The summed E-state index contributed by atoms with van der Waals surface area (Å²) in [6.07, 6.45) is 2.15. The van der Waals surface area contributed by atoms with Gasteiger partial charge < -0.3 is 9.88 Å². The molecule has 128 valence electrons. The molecule has 1 aliphatic rings. The van der Waals surface area contributed by atoms with E-state index in [9.17, 15) is 9.18 Å². The van der Waals surface area contributed by atoms with Crippen LogP contribution in [-0.2, 0) is 19.5 Å². The Morgan fingerprint density at radius 1 is 1.28 bits per heavy atom. The minimum atomic E-state index is -0.279. The van der Waals surface area contributed by atoms with Gasteiger partial charge in [0.1, 0.15) is 11.6 Å². The number of hydrogen-bond acceptors (Lipinski definition) is 2. The predicted molar refractivity (Wildman–Crippen MR) is 94.8 cm³/mol. The molecule has 2 aromatic carbocycles. The summed E-state index contributed by atoms with van der Waals surface area (Å²) >= 11 is 0. The zero-order valence-electron chi connectivity index (χ0n) is 14.1. The van der Waals surface area contributed by atoms with Crippen LogP contribution in [0.1, 0.15) is 35.1 Å². The Morgan fingerprint density at radius 2 is 2.08 bits per heavy atom. The maximum absolute atomic E-state index is 12.9. The average molecular weight is 337 g/mol. The number of rotatable bonds is 3. The molecule has 3 aromatic rings. The van der Waals surface area contributed by atoms with Crippen molar-refractivity contribution in [3.63, 3.8) is 0 Å². The molecule has 0 saturated carbocycles. The van der Waals surface area contributed by atoms with Crippen LogP contribution < -0.4 is 5.32 Å². The van der Waals surface area contributed by atoms with Crippen molar-refractivity contribution < 1.29 is 9.18 Å². The van der Waals surface area contributed by atoms with Gasteiger partial charge in [0.15, 0.2) is 0 Å². The molecule has 0 aliphatic carbocycles. The van der Waals surface area contributed by atoms with Gasteiger partial charge in [-0.05, 0) is 48.2 Å². The zero-order chi connectivity index (χ0) is 17.4. The summed E-state index contributed by atoms with van der Waals surface area (Å²) in [5.74, 6) is 1.34. The molecular formula is C20H20FN3O. The van der Waals surface area contributed by atoms with Crippen molar-refractivity contribution in [2.24, 2.45) is 5.92 Å². The lowest BCUT2D eigenvalue weighted by Crippen LogP contribution is -2.22. The molecule has 0 radical (unpaired) electrons. The number of hydrogen-bond donors (Lipinski definition) is 1. The molecule has 4 rings (SSSR count). The van der Waals surface area contributed by atoms with Gasteiger partial charge in [-0.15, -0.1) is 0 Å². The first kappa shape index (κ1) is 15.8. The van der Waals surface area contributed by atoms with E-state index < -0.39 is 0 Å². The number of fused-ring (bicyclic) bond motifs is 3. The number of nitrogens with one attached hydrogen (secondary N) is 1. The van der Waals surface area contributed by atoms with Crippen LogP contribution in [-0.4, -0.2) is 15.5 Å². The van der Waals surface area contributed by atoms with E-state index in [1.807, 2.05) is 18.2 Å². The minimum Gasteiger partial charge on any atom is -0.348 e. The van der Waals surface area contributed by atoms with E-state index in [1.54, 1.807) is 12.1 Å². The molecule has 0 unspecified atom stereocenters. The summed E-state index contributed by atoms with van der Waals surface area (Å²) < 4.78 is 15.2. The Bertz CT molecular complexity index is 930. The van der Waals surface area contributed by atoms with Crippen molar-refractivity contribution in [2.45, 2.75) is 32.9 Å². The second-order valence-corrected chi connectivity index (χ2v) is 6.79. The summed E-state index contributed by atoms with van der Waals surface area (Å²) in [5.41, 5.74) is 3.43. The molecule has 1 N–H and O–H groups in total. The van der Waals surface area contributed by atoms with Crippen LogP contribution in [0, 0.1) is 11.7 Å². The Morgan fingerprint density at radius 3 is 2.88 bits per heavy atom. The van der Waals surface area contributed by atoms with Gasteiger partial charge in [0.25, 0.3) is 5.91 Å². The number of aryl methyl sites for hydroxylation is 1. The van der Waals surface area contributed by atoms with Crippen molar-refractivity contribution in [1.82, 2.24) is 14.9 Å². The molecule has 0 spiro atoms. The summed E-state index contributed by atoms with van der Waals surface area (Å²) in [5, 5.41) is 2.87. The lowest BCUT2D eigenvalue weighted by Gasteiger charge is -2.19. The quantitative estimate of drug-likeness (QED) is 0.792. The van der Waals surface area contributed by atoms with Gasteiger partial charge in [-0.2, -0.15) is 0 Å². The number of benzene rings is 2. The van der Waals surface area contributed by atoms with Crippen LogP contribution in [0.4, 0.5) is 4.39 Å². The highest BCUT2D eigenvalue weighted by atomic mass is 19.1. The third kappa shape index (κ3) is 3.14. The molecule has 1 aromatic heterocycles. The number of carbonyl (C=O) groups is 1. The van der Waals surface area contributed by atoms with Crippen LogP contribution in [0.2, 0.25) is 0 Å². The van der Waals surface area contributed by atoms with Crippen molar-refractivity contribution >= 4 is 16.9 Å². The van der Waals surface area contributed by atoms with Crippen molar-refractivity contribution in [1.29, 1.82) is 0 Å². The van der Waals surface area contributed by atoms with Gasteiger partial charge in [-0.3, -0.25) is 4.79 Å².